The van der Waals surface area contributed by atoms with Gasteiger partial charge in [-0.3, -0.25) is 4.98 Å². The molecule has 26 heavy (non-hydrogen) atoms. The molecule has 134 valence electrons. The van der Waals surface area contributed by atoms with Crippen LogP contribution in [0.4, 0.5) is 8.78 Å². The topological polar surface area (TPSA) is 67.3 Å². The number of rotatable bonds is 5. The summed E-state index contributed by atoms with van der Waals surface area (Å²) in [5.74, 6) is -2.35. The Morgan fingerprint density at radius 2 is 1.69 bits per heavy atom. The van der Waals surface area contributed by atoms with Crippen molar-refractivity contribution in [3.63, 3.8) is 0 Å². The van der Waals surface area contributed by atoms with Gasteiger partial charge in [-0.25, -0.2) is 17.2 Å². The SMILES string of the molecule is O=S(=O)(c1ccccc1)c1ccc(C(CO)c2ccc(F)cc2F)nc1. The summed E-state index contributed by atoms with van der Waals surface area (Å²) in [6.45, 7) is -0.458. The van der Waals surface area contributed by atoms with Gasteiger partial charge in [-0.1, -0.05) is 24.3 Å². The average Bonchev–Trinajstić information content (AvgIpc) is 2.65. The molecule has 0 radical (unpaired) electrons. The number of aromatic nitrogens is 1. The Morgan fingerprint density at radius 3 is 2.27 bits per heavy atom. The number of aliphatic hydroxyl groups excluding tert-OH is 1. The van der Waals surface area contributed by atoms with Crippen LogP contribution in [-0.4, -0.2) is 25.1 Å². The van der Waals surface area contributed by atoms with Crippen molar-refractivity contribution >= 4 is 9.84 Å². The highest BCUT2D eigenvalue weighted by Crippen LogP contribution is 2.27. The quantitative estimate of drug-likeness (QED) is 0.743. The number of benzene rings is 2. The minimum atomic E-state index is -3.72. The molecule has 0 fully saturated rings. The molecule has 0 aliphatic heterocycles. The van der Waals surface area contributed by atoms with Crippen LogP contribution >= 0.6 is 0 Å². The molecule has 0 spiro atoms. The summed E-state index contributed by atoms with van der Waals surface area (Å²) < 4.78 is 52.2. The Balaban J connectivity index is 1.96. The monoisotopic (exact) mass is 375 g/mol. The van der Waals surface area contributed by atoms with Gasteiger partial charge in [-0.05, 0) is 35.9 Å². The summed E-state index contributed by atoms with van der Waals surface area (Å²) in [5, 5.41) is 9.62. The molecule has 1 heterocycles. The molecular formula is C19H15F2NO3S. The number of aliphatic hydroxyl groups is 1. The summed E-state index contributed by atoms with van der Waals surface area (Å²) in [5.41, 5.74) is 0.366. The highest BCUT2D eigenvalue weighted by atomic mass is 32.2. The minimum Gasteiger partial charge on any atom is -0.395 e. The fourth-order valence-corrected chi connectivity index (χ4v) is 3.85. The third kappa shape index (κ3) is 3.49. The van der Waals surface area contributed by atoms with Crippen LogP contribution in [0, 0.1) is 11.6 Å². The first-order valence-electron chi connectivity index (χ1n) is 7.75. The Bertz CT molecular complexity index is 1010. The normalized spacial score (nSPS) is 12.7. The molecular weight excluding hydrogens is 360 g/mol. The van der Waals surface area contributed by atoms with Crippen molar-refractivity contribution in [1.29, 1.82) is 0 Å². The predicted octanol–water partition coefficient (Wildman–Crippen LogP) is 3.32. The number of halogens is 2. The molecule has 1 unspecified atom stereocenters. The van der Waals surface area contributed by atoms with Crippen LogP contribution in [0.25, 0.3) is 0 Å². The standard InChI is InChI=1S/C19H15F2NO3S/c20-13-6-8-16(18(21)10-13)17(12-23)19-9-7-15(11-22-19)26(24,25)14-4-2-1-3-5-14/h1-11,17,23H,12H2. The first-order chi connectivity index (χ1) is 12.4. The molecule has 0 amide bonds. The summed E-state index contributed by atoms with van der Waals surface area (Å²) >= 11 is 0. The summed E-state index contributed by atoms with van der Waals surface area (Å²) in [6, 6.07) is 13.7. The van der Waals surface area contributed by atoms with Gasteiger partial charge in [0.2, 0.25) is 9.84 Å². The highest BCUT2D eigenvalue weighted by molar-refractivity contribution is 7.91. The lowest BCUT2D eigenvalue weighted by atomic mass is 9.95. The fourth-order valence-electron chi connectivity index (χ4n) is 2.63. The van der Waals surface area contributed by atoms with Crippen molar-refractivity contribution in [3.8, 4) is 0 Å². The molecule has 0 saturated carbocycles. The van der Waals surface area contributed by atoms with Crippen molar-refractivity contribution in [3.05, 3.63) is 89.8 Å². The van der Waals surface area contributed by atoms with Gasteiger partial charge in [-0.2, -0.15) is 0 Å². The van der Waals surface area contributed by atoms with Crippen molar-refractivity contribution in [2.75, 3.05) is 6.61 Å². The molecule has 1 atom stereocenters. The zero-order valence-corrected chi connectivity index (χ0v) is 14.3. The molecule has 0 aliphatic carbocycles. The first-order valence-corrected chi connectivity index (χ1v) is 9.23. The minimum absolute atomic E-state index is 0.0104. The van der Waals surface area contributed by atoms with Crippen molar-refractivity contribution in [2.24, 2.45) is 0 Å². The van der Waals surface area contributed by atoms with E-state index in [0.29, 0.717) is 0 Å². The summed E-state index contributed by atoms with van der Waals surface area (Å²) in [6.07, 6.45) is 1.17. The maximum Gasteiger partial charge on any atom is 0.208 e. The van der Waals surface area contributed by atoms with Crippen LogP contribution in [0.5, 0.6) is 0 Å². The molecule has 2 aromatic carbocycles. The number of pyridine rings is 1. The third-order valence-corrected chi connectivity index (χ3v) is 5.76. The van der Waals surface area contributed by atoms with Crippen LogP contribution < -0.4 is 0 Å². The zero-order valence-electron chi connectivity index (χ0n) is 13.5. The number of sulfone groups is 1. The van der Waals surface area contributed by atoms with E-state index < -0.39 is 34.0 Å². The molecule has 0 bridgehead atoms. The smallest absolute Gasteiger partial charge is 0.208 e. The lowest BCUT2D eigenvalue weighted by Crippen LogP contribution is -2.11. The van der Waals surface area contributed by atoms with Crippen molar-refractivity contribution in [1.82, 2.24) is 4.98 Å². The maximum absolute atomic E-state index is 14.0. The Hall–Kier alpha value is -2.64. The number of nitrogens with zero attached hydrogens (tertiary/aromatic N) is 1. The molecule has 0 saturated heterocycles. The molecule has 4 nitrogen and oxygen atoms in total. The Labute approximate surface area is 149 Å². The van der Waals surface area contributed by atoms with E-state index in [1.54, 1.807) is 18.2 Å². The van der Waals surface area contributed by atoms with Crippen LogP contribution in [-0.2, 0) is 9.84 Å². The second kappa shape index (κ2) is 7.31. The van der Waals surface area contributed by atoms with Gasteiger partial charge in [-0.15, -0.1) is 0 Å². The molecule has 7 heteroatoms. The van der Waals surface area contributed by atoms with Gasteiger partial charge in [0, 0.05) is 12.3 Å². The molecule has 3 rings (SSSR count). The lowest BCUT2D eigenvalue weighted by molar-refractivity contribution is 0.276. The Kier molecular flexibility index (Phi) is 5.11. The highest BCUT2D eigenvalue weighted by Gasteiger charge is 2.22. The second-order valence-corrected chi connectivity index (χ2v) is 7.59. The first kappa shape index (κ1) is 18.2. The lowest BCUT2D eigenvalue weighted by Gasteiger charge is -2.15. The van der Waals surface area contributed by atoms with Gasteiger partial charge in [0.05, 0.1) is 28.0 Å². The van der Waals surface area contributed by atoms with Crippen LogP contribution in [0.1, 0.15) is 17.2 Å². The van der Waals surface area contributed by atoms with E-state index in [9.17, 15) is 22.3 Å². The van der Waals surface area contributed by atoms with Gasteiger partial charge in [0.25, 0.3) is 0 Å². The van der Waals surface area contributed by atoms with E-state index in [2.05, 4.69) is 4.98 Å². The van der Waals surface area contributed by atoms with Crippen LogP contribution in [0.3, 0.4) is 0 Å². The molecule has 1 N–H and O–H groups in total. The van der Waals surface area contributed by atoms with Gasteiger partial charge >= 0.3 is 0 Å². The van der Waals surface area contributed by atoms with Crippen molar-refractivity contribution < 1.29 is 22.3 Å². The van der Waals surface area contributed by atoms with Gasteiger partial charge in [0.15, 0.2) is 0 Å². The number of hydrogen-bond donors (Lipinski definition) is 1. The van der Waals surface area contributed by atoms with E-state index in [1.807, 2.05) is 0 Å². The molecule has 1 aromatic heterocycles. The van der Waals surface area contributed by atoms with Gasteiger partial charge in [0.1, 0.15) is 11.6 Å². The number of hydrogen-bond acceptors (Lipinski definition) is 4. The fraction of sp³-hybridized carbons (Fsp3) is 0.105. The largest absolute Gasteiger partial charge is 0.395 e. The zero-order chi connectivity index (χ0) is 18.7. The van der Waals surface area contributed by atoms with Crippen LogP contribution in [0.15, 0.2) is 76.7 Å². The predicted molar refractivity (Wildman–Crippen MR) is 91.4 cm³/mol. The maximum atomic E-state index is 14.0. The van der Waals surface area contributed by atoms with E-state index in [4.69, 9.17) is 0 Å². The third-order valence-electron chi connectivity index (χ3n) is 4.00. The summed E-state index contributed by atoms with van der Waals surface area (Å²) in [7, 11) is -3.72. The van der Waals surface area contributed by atoms with E-state index >= 15 is 0 Å². The molecule has 0 aliphatic rings. The van der Waals surface area contributed by atoms with E-state index in [0.717, 1.165) is 12.1 Å². The van der Waals surface area contributed by atoms with E-state index in [1.165, 1.54) is 36.5 Å². The van der Waals surface area contributed by atoms with Crippen LogP contribution in [0.2, 0.25) is 0 Å². The molecule has 3 aromatic rings. The van der Waals surface area contributed by atoms with Gasteiger partial charge < -0.3 is 5.11 Å². The summed E-state index contributed by atoms with van der Waals surface area (Å²) in [4.78, 5) is 4.21. The van der Waals surface area contributed by atoms with E-state index in [-0.39, 0.29) is 21.0 Å². The van der Waals surface area contributed by atoms with Crippen molar-refractivity contribution in [2.45, 2.75) is 15.7 Å². The average molecular weight is 375 g/mol. The Morgan fingerprint density at radius 1 is 0.962 bits per heavy atom. The second-order valence-electron chi connectivity index (χ2n) is 5.64.